The molecule has 218 valence electrons. The zero-order valence-electron chi connectivity index (χ0n) is 22.5. The Labute approximate surface area is 240 Å². The minimum Gasteiger partial charge on any atom is -0.760 e. The number of hydrogen-bond donors (Lipinski definition) is 0. The molecule has 1 unspecified atom stereocenters. The van der Waals surface area contributed by atoms with E-state index >= 15 is 0 Å². The van der Waals surface area contributed by atoms with Crippen molar-refractivity contribution in [2.75, 3.05) is 26.3 Å². The predicted molar refractivity (Wildman–Crippen MR) is 150 cm³/mol. The molecule has 0 aliphatic carbocycles. The van der Waals surface area contributed by atoms with E-state index in [2.05, 4.69) is 0 Å². The van der Waals surface area contributed by atoms with E-state index in [0.29, 0.717) is 27.7 Å². The second-order valence-corrected chi connectivity index (χ2v) is 11.8. The van der Waals surface area contributed by atoms with Crippen molar-refractivity contribution in [2.45, 2.75) is 31.8 Å². The quantitative estimate of drug-likeness (QED) is 0.166. The van der Waals surface area contributed by atoms with Crippen LogP contribution >= 0.6 is 0 Å². The number of benzene rings is 3. The molecule has 4 rings (SSSR count). The largest absolute Gasteiger partial charge is 0.760 e. The summed E-state index contributed by atoms with van der Waals surface area (Å²) in [6.45, 7) is 1.81. The number of rotatable bonds is 13. The normalized spacial score (nSPS) is 12.7. The highest BCUT2D eigenvalue weighted by Crippen LogP contribution is 2.31. The number of sulfonamides is 1. The Morgan fingerprint density at radius 1 is 0.829 bits per heavy atom. The lowest BCUT2D eigenvalue weighted by Crippen LogP contribution is -2.37. The Balaban J connectivity index is 1.70. The third-order valence-electron chi connectivity index (χ3n) is 6.23. The molecule has 0 spiro atoms. The average molecular weight is 602 g/mol. The molecular weight excluding hydrogens is 572 g/mol. The lowest BCUT2D eigenvalue weighted by molar-refractivity contribution is -0.144. The number of nitrogens with zero attached hydrogens (tertiary/aromatic N) is 2. The molecule has 0 amide bonds. The summed E-state index contributed by atoms with van der Waals surface area (Å²) in [6.07, 6.45) is 0. The molecular formula is C28H29N2O9S2-. The van der Waals surface area contributed by atoms with Crippen LogP contribution in [0, 0.1) is 0 Å². The van der Waals surface area contributed by atoms with Gasteiger partial charge in [-0.15, -0.1) is 0 Å². The first-order valence-corrected chi connectivity index (χ1v) is 15.2. The van der Waals surface area contributed by atoms with Gasteiger partial charge in [0.15, 0.2) is 0 Å². The molecule has 1 aromatic heterocycles. The van der Waals surface area contributed by atoms with Crippen LogP contribution < -0.4 is 0 Å². The van der Waals surface area contributed by atoms with Gasteiger partial charge in [0, 0.05) is 35.1 Å². The van der Waals surface area contributed by atoms with Crippen molar-refractivity contribution in [1.29, 1.82) is 0 Å². The third-order valence-corrected chi connectivity index (χ3v) is 8.70. The van der Waals surface area contributed by atoms with Crippen LogP contribution in [0.5, 0.6) is 0 Å². The molecule has 41 heavy (non-hydrogen) atoms. The van der Waals surface area contributed by atoms with Crippen molar-refractivity contribution >= 4 is 55.2 Å². The Morgan fingerprint density at radius 2 is 1.41 bits per heavy atom. The van der Waals surface area contributed by atoms with Crippen LogP contribution in [0.15, 0.2) is 76.0 Å². The fourth-order valence-electron chi connectivity index (χ4n) is 4.35. The summed E-state index contributed by atoms with van der Waals surface area (Å²) in [5, 5.41) is 1.35. The Kier molecular flexibility index (Phi) is 9.89. The van der Waals surface area contributed by atoms with Crippen LogP contribution in [-0.2, 0) is 53.4 Å². The molecule has 0 bridgehead atoms. The first-order valence-electron chi connectivity index (χ1n) is 12.8. The molecule has 1 atom stereocenters. The minimum absolute atomic E-state index is 0.0528. The van der Waals surface area contributed by atoms with Gasteiger partial charge >= 0.3 is 11.9 Å². The summed E-state index contributed by atoms with van der Waals surface area (Å²) in [4.78, 5) is 24.4. The lowest BCUT2D eigenvalue weighted by atomic mass is 10.1. The zero-order valence-corrected chi connectivity index (χ0v) is 24.1. The van der Waals surface area contributed by atoms with Crippen molar-refractivity contribution in [3.63, 3.8) is 0 Å². The molecule has 0 aliphatic heterocycles. The number of fused-ring (bicyclic) bond motifs is 3. The van der Waals surface area contributed by atoms with Crippen molar-refractivity contribution in [3.8, 4) is 0 Å². The maximum atomic E-state index is 14.0. The highest BCUT2D eigenvalue weighted by Gasteiger charge is 2.29. The van der Waals surface area contributed by atoms with Crippen LogP contribution in [0.2, 0.25) is 0 Å². The lowest BCUT2D eigenvalue weighted by Gasteiger charge is -2.26. The van der Waals surface area contributed by atoms with E-state index < -0.39 is 46.3 Å². The van der Waals surface area contributed by atoms with E-state index in [1.165, 1.54) is 12.1 Å². The SMILES string of the molecule is CCOC(=O)CN(Cc1ccccc1CN(CC(=O)OCC)S(=O)(=O)c1ccc2oc3ccccc3c2c1)S(=O)[O-]. The van der Waals surface area contributed by atoms with Gasteiger partial charge in [-0.2, -0.15) is 4.31 Å². The molecule has 0 aliphatic rings. The fraction of sp³-hybridized carbons (Fsp3) is 0.286. The Morgan fingerprint density at radius 3 is 2.07 bits per heavy atom. The van der Waals surface area contributed by atoms with Gasteiger partial charge in [0.2, 0.25) is 10.0 Å². The van der Waals surface area contributed by atoms with Gasteiger partial charge in [-0.3, -0.25) is 13.8 Å². The minimum atomic E-state index is -4.26. The van der Waals surface area contributed by atoms with Gasteiger partial charge < -0.3 is 18.4 Å². The molecule has 0 saturated carbocycles. The van der Waals surface area contributed by atoms with Crippen LogP contribution in [-0.4, -0.2) is 64.0 Å². The van der Waals surface area contributed by atoms with Crippen LogP contribution in [0.3, 0.4) is 0 Å². The third kappa shape index (κ3) is 7.18. The number of esters is 2. The van der Waals surface area contributed by atoms with E-state index in [4.69, 9.17) is 13.9 Å². The molecule has 1 heterocycles. The summed E-state index contributed by atoms with van der Waals surface area (Å²) in [6, 6.07) is 18.3. The number of para-hydroxylation sites is 1. The van der Waals surface area contributed by atoms with Gasteiger partial charge in [0.05, 0.1) is 18.1 Å². The Hall–Kier alpha value is -3.62. The van der Waals surface area contributed by atoms with E-state index in [9.17, 15) is 26.8 Å². The van der Waals surface area contributed by atoms with Crippen LogP contribution in [0.1, 0.15) is 25.0 Å². The van der Waals surface area contributed by atoms with Crippen LogP contribution in [0.4, 0.5) is 0 Å². The summed E-state index contributed by atoms with van der Waals surface area (Å²) < 4.78 is 69.2. The summed E-state index contributed by atoms with van der Waals surface area (Å²) in [5.74, 6) is -1.46. The van der Waals surface area contributed by atoms with E-state index in [1.54, 1.807) is 50.2 Å². The van der Waals surface area contributed by atoms with Gasteiger partial charge in [0.1, 0.15) is 24.3 Å². The van der Waals surface area contributed by atoms with Crippen molar-refractivity contribution in [1.82, 2.24) is 8.61 Å². The number of furan rings is 1. The highest BCUT2D eigenvalue weighted by molar-refractivity contribution is 7.89. The second kappa shape index (κ2) is 13.4. The molecule has 0 radical (unpaired) electrons. The summed E-state index contributed by atoms with van der Waals surface area (Å²) in [5.41, 5.74) is 2.01. The van der Waals surface area contributed by atoms with Gasteiger partial charge in [-0.25, -0.2) is 12.7 Å². The highest BCUT2D eigenvalue weighted by atomic mass is 32.2. The maximum absolute atomic E-state index is 14.0. The molecule has 0 N–H and O–H groups in total. The predicted octanol–water partition coefficient (Wildman–Crippen LogP) is 3.50. The average Bonchev–Trinajstić information content (AvgIpc) is 3.31. The molecule has 11 nitrogen and oxygen atoms in total. The van der Waals surface area contributed by atoms with E-state index in [-0.39, 0.29) is 31.2 Å². The number of carbonyl (C=O) groups excluding carboxylic acids is 2. The standard InChI is InChI=1S/C28H30N2O9S2/c1-3-37-27(31)18-29(40(33)34)16-20-9-5-6-10-21(20)17-30(19-28(32)38-4-2)41(35,36)22-13-14-26-24(15-22)23-11-7-8-12-25(23)39-26/h5-15H,3-4,16-19H2,1-2H3,(H,33,34)/p-1. The first kappa shape index (κ1) is 30.3. The topological polar surface area (TPSA) is 146 Å². The number of ether oxygens (including phenoxy) is 2. The monoisotopic (exact) mass is 601 g/mol. The maximum Gasteiger partial charge on any atom is 0.321 e. The second-order valence-electron chi connectivity index (χ2n) is 8.92. The van der Waals surface area contributed by atoms with Gasteiger partial charge in [-0.1, -0.05) is 42.5 Å². The summed E-state index contributed by atoms with van der Waals surface area (Å²) >= 11 is -2.76. The smallest absolute Gasteiger partial charge is 0.321 e. The first-order chi connectivity index (χ1) is 19.6. The molecule has 4 aromatic rings. The fourth-order valence-corrected chi connectivity index (χ4v) is 6.19. The van der Waals surface area contributed by atoms with E-state index in [1.807, 2.05) is 18.2 Å². The number of carbonyl (C=O) groups is 2. The Bertz CT molecular complexity index is 1680. The molecule has 13 heteroatoms. The number of hydrogen-bond acceptors (Lipinski definition) is 9. The summed E-state index contributed by atoms with van der Waals surface area (Å²) in [7, 11) is -4.26. The van der Waals surface area contributed by atoms with Gasteiger partial charge in [-0.05, 0) is 49.2 Å². The van der Waals surface area contributed by atoms with Crippen molar-refractivity contribution in [3.05, 3.63) is 77.9 Å². The molecule has 0 fully saturated rings. The zero-order chi connectivity index (χ0) is 29.6. The van der Waals surface area contributed by atoms with Gasteiger partial charge in [0.25, 0.3) is 0 Å². The molecule has 3 aromatic carbocycles. The van der Waals surface area contributed by atoms with Crippen molar-refractivity contribution in [2.24, 2.45) is 0 Å². The van der Waals surface area contributed by atoms with Crippen LogP contribution in [0.25, 0.3) is 21.9 Å². The van der Waals surface area contributed by atoms with Crippen molar-refractivity contribution < 1.29 is 40.7 Å². The molecule has 0 saturated heterocycles. The van der Waals surface area contributed by atoms with E-state index in [0.717, 1.165) is 14.0 Å².